The van der Waals surface area contributed by atoms with E-state index in [1.54, 1.807) is 0 Å². The molecule has 0 saturated carbocycles. The molecule has 4 atom stereocenters. The first kappa shape index (κ1) is 35.4. The molecule has 1 amide bonds. The standard InChI is InChI=1S/C33H49N3O8/c1-2-3-4-5-6-7-8-9-10-11-12-13-14-15-22-43-32(41)25-18-16-24(17-19-25)30(40)34-27-20-21-36(33(42)35-27)31-29(39)28(38)26(23-37)44-31/h16-21,26,28-29,31,37-39H,2-15,22-23H2,1H3,(H,34,35,40,42)/t26-,28-,29+,31-/m1/s1. The molecular weight excluding hydrogens is 566 g/mol. The molecule has 244 valence electrons. The molecule has 2 heterocycles. The van der Waals surface area contributed by atoms with Gasteiger partial charge in [-0.05, 0) is 36.8 Å². The van der Waals surface area contributed by atoms with E-state index in [9.17, 15) is 29.7 Å². The van der Waals surface area contributed by atoms with E-state index in [-0.39, 0.29) is 11.4 Å². The van der Waals surface area contributed by atoms with Crippen LogP contribution in [0.2, 0.25) is 0 Å². The van der Waals surface area contributed by atoms with Crippen LogP contribution in [0, 0.1) is 0 Å². The van der Waals surface area contributed by atoms with Crippen molar-refractivity contribution < 1.29 is 34.4 Å². The lowest BCUT2D eigenvalue weighted by Gasteiger charge is -2.17. The van der Waals surface area contributed by atoms with E-state index in [2.05, 4.69) is 17.2 Å². The average Bonchev–Trinajstić information content (AvgIpc) is 3.31. The summed E-state index contributed by atoms with van der Waals surface area (Å²) < 4.78 is 11.7. The minimum Gasteiger partial charge on any atom is -0.462 e. The Morgan fingerprint density at radius 1 is 0.841 bits per heavy atom. The topological polar surface area (TPSA) is 160 Å². The number of nitrogens with zero attached hydrogens (tertiary/aromatic N) is 2. The lowest BCUT2D eigenvalue weighted by molar-refractivity contribution is -0.0549. The summed E-state index contributed by atoms with van der Waals surface area (Å²) in [5.74, 6) is -1.01. The summed E-state index contributed by atoms with van der Waals surface area (Å²) in [7, 11) is 0. The third kappa shape index (κ3) is 11.1. The lowest BCUT2D eigenvalue weighted by Crippen LogP contribution is -2.36. The first-order chi connectivity index (χ1) is 21.3. The maximum atomic E-state index is 12.7. The lowest BCUT2D eigenvalue weighted by atomic mass is 10.0. The number of rotatable bonds is 20. The number of unbranched alkanes of at least 4 members (excludes halogenated alkanes) is 13. The molecule has 44 heavy (non-hydrogen) atoms. The minimum atomic E-state index is -1.43. The third-order valence-electron chi connectivity index (χ3n) is 7.98. The quantitative estimate of drug-likeness (QED) is 0.122. The fraction of sp³-hybridized carbons (Fsp3) is 0.636. The number of esters is 1. The first-order valence-electron chi connectivity index (χ1n) is 16.2. The van der Waals surface area contributed by atoms with Gasteiger partial charge in [0.05, 0.1) is 18.8 Å². The monoisotopic (exact) mass is 615 g/mol. The van der Waals surface area contributed by atoms with Gasteiger partial charge in [-0.1, -0.05) is 90.4 Å². The molecule has 0 bridgehead atoms. The Morgan fingerprint density at radius 2 is 1.39 bits per heavy atom. The van der Waals surface area contributed by atoms with E-state index in [0.29, 0.717) is 12.2 Å². The zero-order chi connectivity index (χ0) is 31.7. The third-order valence-corrected chi connectivity index (χ3v) is 7.98. The van der Waals surface area contributed by atoms with E-state index in [4.69, 9.17) is 9.47 Å². The molecule has 2 aromatic rings. The first-order valence-corrected chi connectivity index (χ1v) is 16.2. The maximum Gasteiger partial charge on any atom is 0.351 e. The van der Waals surface area contributed by atoms with Gasteiger partial charge in [0.25, 0.3) is 5.91 Å². The number of anilines is 1. The zero-order valence-electron chi connectivity index (χ0n) is 25.9. The number of hydrogen-bond acceptors (Lipinski definition) is 9. The molecule has 1 aromatic carbocycles. The van der Waals surface area contributed by atoms with Gasteiger partial charge in [-0.3, -0.25) is 9.36 Å². The van der Waals surface area contributed by atoms with Gasteiger partial charge in [0.1, 0.15) is 24.1 Å². The highest BCUT2D eigenvalue weighted by molar-refractivity contribution is 6.04. The Labute approximate surface area is 259 Å². The van der Waals surface area contributed by atoms with Crippen molar-refractivity contribution >= 4 is 17.7 Å². The Kier molecular flexibility index (Phi) is 15.5. The largest absolute Gasteiger partial charge is 0.462 e. The highest BCUT2D eigenvalue weighted by atomic mass is 16.6. The summed E-state index contributed by atoms with van der Waals surface area (Å²) in [6.07, 6.45) is 13.9. The number of hydrogen-bond donors (Lipinski definition) is 4. The van der Waals surface area contributed by atoms with Gasteiger partial charge in [0.2, 0.25) is 0 Å². The number of ether oxygens (including phenoxy) is 2. The average molecular weight is 616 g/mol. The van der Waals surface area contributed by atoms with Crippen molar-refractivity contribution in [1.82, 2.24) is 9.55 Å². The number of carbonyl (C=O) groups excluding carboxylic acids is 2. The number of aliphatic hydroxyl groups excluding tert-OH is 3. The Bertz CT molecular complexity index is 1200. The van der Waals surface area contributed by atoms with Crippen LogP contribution < -0.4 is 11.0 Å². The van der Waals surface area contributed by atoms with Gasteiger partial charge in [-0.15, -0.1) is 0 Å². The van der Waals surface area contributed by atoms with Crippen LogP contribution >= 0.6 is 0 Å². The highest BCUT2D eigenvalue weighted by Crippen LogP contribution is 2.28. The summed E-state index contributed by atoms with van der Waals surface area (Å²) >= 11 is 0. The molecule has 1 aliphatic heterocycles. The second kappa shape index (κ2) is 19.3. The number of aliphatic hydroxyl groups is 3. The molecule has 4 N–H and O–H groups in total. The molecule has 0 unspecified atom stereocenters. The van der Waals surface area contributed by atoms with E-state index in [1.165, 1.54) is 107 Å². The van der Waals surface area contributed by atoms with E-state index >= 15 is 0 Å². The summed E-state index contributed by atoms with van der Waals surface area (Å²) in [5.41, 5.74) is -0.233. The van der Waals surface area contributed by atoms with Crippen molar-refractivity contribution in [3.05, 3.63) is 58.1 Å². The molecule has 3 rings (SSSR count). The van der Waals surface area contributed by atoms with Gasteiger partial charge in [-0.25, -0.2) is 9.59 Å². The summed E-state index contributed by atoms with van der Waals surface area (Å²) in [4.78, 5) is 41.3. The number of aromatic nitrogens is 2. The van der Waals surface area contributed by atoms with Gasteiger partial charge < -0.3 is 30.1 Å². The Morgan fingerprint density at radius 3 is 1.91 bits per heavy atom. The molecule has 1 aliphatic rings. The Balaban J connectivity index is 1.30. The molecule has 0 aliphatic carbocycles. The van der Waals surface area contributed by atoms with Crippen LogP contribution in [0.25, 0.3) is 0 Å². The molecule has 0 radical (unpaired) electrons. The number of amides is 1. The SMILES string of the molecule is CCCCCCCCCCCCCCCCOC(=O)c1ccc(C(=O)Nc2ccn([C@@H]3O[C@H](CO)[C@@H](O)[C@@H]3O)c(=O)n2)cc1. The minimum absolute atomic E-state index is 0.0281. The van der Waals surface area contributed by atoms with Crippen molar-refractivity contribution in [1.29, 1.82) is 0 Å². The van der Waals surface area contributed by atoms with E-state index < -0.39 is 48.7 Å². The van der Waals surface area contributed by atoms with Crippen LogP contribution in [0.5, 0.6) is 0 Å². The van der Waals surface area contributed by atoms with Crippen molar-refractivity contribution in [3.8, 4) is 0 Å². The number of benzene rings is 1. The van der Waals surface area contributed by atoms with Crippen LogP contribution in [0.4, 0.5) is 5.82 Å². The van der Waals surface area contributed by atoms with Gasteiger partial charge in [0, 0.05) is 11.8 Å². The predicted octanol–water partition coefficient (Wildman–Crippen LogP) is 4.75. The van der Waals surface area contributed by atoms with Crippen LogP contribution in [0.15, 0.2) is 41.3 Å². The zero-order valence-corrected chi connectivity index (χ0v) is 25.9. The summed E-state index contributed by atoms with van der Waals surface area (Å²) in [6, 6.07) is 7.33. The molecule has 0 spiro atoms. The normalized spacial score (nSPS) is 19.6. The molecular formula is C33H49N3O8. The van der Waals surface area contributed by atoms with Gasteiger partial charge in [0.15, 0.2) is 6.23 Å². The maximum absolute atomic E-state index is 12.7. The second-order valence-corrected chi connectivity index (χ2v) is 11.5. The van der Waals surface area contributed by atoms with Crippen LogP contribution in [0.1, 0.15) is 124 Å². The van der Waals surface area contributed by atoms with Gasteiger partial charge in [-0.2, -0.15) is 4.98 Å². The smallest absolute Gasteiger partial charge is 0.351 e. The van der Waals surface area contributed by atoms with Gasteiger partial charge >= 0.3 is 11.7 Å². The molecule has 1 aromatic heterocycles. The van der Waals surface area contributed by atoms with Crippen molar-refractivity contribution in [3.63, 3.8) is 0 Å². The molecule has 11 nitrogen and oxygen atoms in total. The van der Waals surface area contributed by atoms with Crippen LogP contribution in [0.3, 0.4) is 0 Å². The van der Waals surface area contributed by atoms with Crippen molar-refractivity contribution in [2.24, 2.45) is 0 Å². The second-order valence-electron chi connectivity index (χ2n) is 11.5. The fourth-order valence-electron chi connectivity index (χ4n) is 5.28. The number of nitrogens with one attached hydrogen (secondary N) is 1. The van der Waals surface area contributed by atoms with Crippen LogP contribution in [-0.2, 0) is 9.47 Å². The van der Waals surface area contributed by atoms with Crippen molar-refractivity contribution in [2.45, 2.75) is 121 Å². The summed E-state index contributed by atoms with van der Waals surface area (Å²) in [6.45, 7) is 2.08. The fourth-order valence-corrected chi connectivity index (χ4v) is 5.28. The van der Waals surface area contributed by atoms with Crippen LogP contribution in [-0.4, -0.2) is 68.3 Å². The highest BCUT2D eigenvalue weighted by Gasteiger charge is 2.43. The molecule has 1 fully saturated rings. The number of carbonyl (C=O) groups is 2. The summed E-state index contributed by atoms with van der Waals surface area (Å²) in [5, 5.41) is 31.8. The Hall–Kier alpha value is -3.12. The predicted molar refractivity (Wildman–Crippen MR) is 166 cm³/mol. The van der Waals surface area contributed by atoms with E-state index in [0.717, 1.165) is 23.8 Å². The molecule has 1 saturated heterocycles. The van der Waals surface area contributed by atoms with Crippen molar-refractivity contribution in [2.75, 3.05) is 18.5 Å². The molecule has 11 heteroatoms. The van der Waals surface area contributed by atoms with E-state index in [1.807, 2.05) is 0 Å².